The van der Waals surface area contributed by atoms with Crippen LogP contribution in [0.4, 0.5) is 0 Å². The zero-order valence-corrected chi connectivity index (χ0v) is 9.82. The number of aliphatic hydroxyl groups excluding tert-OH is 2. The number of carboxylic acid groups (broad SMARTS) is 1. The number of hydrogen-bond donors (Lipinski definition) is 4. The Kier molecular flexibility index (Phi) is 4.61. The number of aliphatic hydroxyl groups is 2. The summed E-state index contributed by atoms with van der Waals surface area (Å²) in [4.78, 5) is 10.8. The van der Waals surface area contributed by atoms with Crippen molar-refractivity contribution in [3.63, 3.8) is 0 Å². The fourth-order valence-corrected chi connectivity index (χ4v) is 1.77. The van der Waals surface area contributed by atoms with Crippen molar-refractivity contribution in [1.29, 1.82) is 0 Å². The number of carboxylic acids is 1. The summed E-state index contributed by atoms with van der Waals surface area (Å²) in [6, 6.07) is 4.25. The maximum absolute atomic E-state index is 10.8. The lowest BCUT2D eigenvalue weighted by Gasteiger charge is -2.18. The first-order valence-electron chi connectivity index (χ1n) is 4.47. The number of halogens is 1. The molecule has 0 fully saturated rings. The van der Waals surface area contributed by atoms with Crippen LogP contribution in [-0.2, 0) is 0 Å². The Balaban J connectivity index is 3.15. The summed E-state index contributed by atoms with van der Waals surface area (Å²) in [6.07, 6.45) is -2.34. The van der Waals surface area contributed by atoms with Crippen LogP contribution >= 0.6 is 24.2 Å². The highest BCUT2D eigenvalue weighted by Crippen LogP contribution is 2.28. The lowest BCUT2D eigenvalue weighted by Crippen LogP contribution is -2.20. The highest BCUT2D eigenvalue weighted by Gasteiger charge is 2.22. The van der Waals surface area contributed by atoms with E-state index in [1.807, 2.05) is 0 Å². The first kappa shape index (κ1) is 13.3. The molecule has 16 heavy (non-hydrogen) atoms. The third-order valence-electron chi connectivity index (χ3n) is 2.13. The molecule has 0 aliphatic carbocycles. The summed E-state index contributed by atoms with van der Waals surface area (Å²) < 4.78 is 0. The average Bonchev–Trinajstić information content (AvgIpc) is 2.27. The molecule has 6 heteroatoms. The van der Waals surface area contributed by atoms with Crippen LogP contribution in [0.25, 0.3) is 0 Å². The SMILES string of the molecule is O=C(O)c1cccc(C(O)C(O)CS)c1Cl. The Morgan fingerprint density at radius 1 is 1.44 bits per heavy atom. The minimum Gasteiger partial charge on any atom is -0.478 e. The Hall–Kier alpha value is -0.750. The van der Waals surface area contributed by atoms with Gasteiger partial charge in [0.2, 0.25) is 0 Å². The molecule has 88 valence electrons. The molecule has 0 aromatic heterocycles. The number of thiol groups is 1. The van der Waals surface area contributed by atoms with E-state index in [0.717, 1.165) is 0 Å². The van der Waals surface area contributed by atoms with Gasteiger partial charge in [0.25, 0.3) is 0 Å². The van der Waals surface area contributed by atoms with E-state index >= 15 is 0 Å². The third-order valence-corrected chi connectivity index (χ3v) is 2.93. The first-order chi connectivity index (χ1) is 7.49. The smallest absolute Gasteiger partial charge is 0.337 e. The molecule has 1 rings (SSSR count). The second-order valence-corrected chi connectivity index (χ2v) is 3.95. The quantitative estimate of drug-likeness (QED) is 0.618. The van der Waals surface area contributed by atoms with Crippen molar-refractivity contribution in [3.05, 3.63) is 34.3 Å². The Bertz CT molecular complexity index is 396. The number of rotatable bonds is 4. The van der Waals surface area contributed by atoms with Gasteiger partial charge >= 0.3 is 5.97 Å². The molecule has 3 N–H and O–H groups in total. The summed E-state index contributed by atoms with van der Waals surface area (Å²) in [5.41, 5.74) is 0.0766. The fourth-order valence-electron chi connectivity index (χ4n) is 1.25. The maximum atomic E-state index is 10.8. The molecule has 1 aromatic carbocycles. The molecular weight excluding hydrogens is 252 g/mol. The summed E-state index contributed by atoms with van der Waals surface area (Å²) in [5.74, 6) is -1.13. The van der Waals surface area contributed by atoms with E-state index in [4.69, 9.17) is 16.7 Å². The number of aromatic carboxylic acids is 1. The van der Waals surface area contributed by atoms with Gasteiger partial charge in [-0.15, -0.1) is 0 Å². The van der Waals surface area contributed by atoms with Gasteiger partial charge in [-0.2, -0.15) is 12.6 Å². The Morgan fingerprint density at radius 3 is 2.56 bits per heavy atom. The Labute approximate surface area is 103 Å². The zero-order chi connectivity index (χ0) is 12.3. The van der Waals surface area contributed by atoms with Crippen LogP contribution in [0.1, 0.15) is 22.0 Å². The van der Waals surface area contributed by atoms with Crippen molar-refractivity contribution in [2.24, 2.45) is 0 Å². The third kappa shape index (κ3) is 2.68. The molecule has 0 bridgehead atoms. The molecule has 0 aliphatic rings. The van der Waals surface area contributed by atoms with Crippen molar-refractivity contribution < 1.29 is 20.1 Å². The van der Waals surface area contributed by atoms with Crippen LogP contribution in [0, 0.1) is 0 Å². The second kappa shape index (κ2) is 5.54. The predicted molar refractivity (Wildman–Crippen MR) is 63.2 cm³/mol. The van der Waals surface area contributed by atoms with Crippen molar-refractivity contribution >= 4 is 30.2 Å². The number of carbonyl (C=O) groups is 1. The molecule has 4 nitrogen and oxygen atoms in total. The molecule has 0 spiro atoms. The van der Waals surface area contributed by atoms with E-state index in [1.165, 1.54) is 18.2 Å². The molecule has 1 aromatic rings. The summed E-state index contributed by atoms with van der Waals surface area (Å²) >= 11 is 9.66. The van der Waals surface area contributed by atoms with Gasteiger partial charge in [0.1, 0.15) is 6.10 Å². The van der Waals surface area contributed by atoms with E-state index < -0.39 is 18.2 Å². The van der Waals surface area contributed by atoms with E-state index in [9.17, 15) is 15.0 Å². The van der Waals surface area contributed by atoms with Crippen molar-refractivity contribution in [2.45, 2.75) is 12.2 Å². The standard InChI is InChI=1S/C10H11ClO4S/c11-8-5(9(13)7(12)4-16)2-1-3-6(8)10(14)15/h1-3,7,9,12-13,16H,4H2,(H,14,15). The van der Waals surface area contributed by atoms with Gasteiger partial charge in [0.05, 0.1) is 16.7 Å². The molecule has 0 radical (unpaired) electrons. The topological polar surface area (TPSA) is 77.8 Å². The van der Waals surface area contributed by atoms with Crippen LogP contribution in [0.5, 0.6) is 0 Å². The lowest BCUT2D eigenvalue weighted by molar-refractivity contribution is 0.0337. The molecular formula is C10H11ClO4S. The summed E-state index contributed by atoms with van der Waals surface area (Å²) in [5, 5.41) is 27.9. The van der Waals surface area contributed by atoms with Gasteiger partial charge < -0.3 is 15.3 Å². The van der Waals surface area contributed by atoms with E-state index in [0.29, 0.717) is 0 Å². The maximum Gasteiger partial charge on any atom is 0.337 e. The molecule has 0 heterocycles. The van der Waals surface area contributed by atoms with Gasteiger partial charge in [-0.1, -0.05) is 23.7 Å². The van der Waals surface area contributed by atoms with Gasteiger partial charge in [0, 0.05) is 11.3 Å². The van der Waals surface area contributed by atoms with Crippen LogP contribution in [-0.4, -0.2) is 33.1 Å². The zero-order valence-electron chi connectivity index (χ0n) is 8.17. The van der Waals surface area contributed by atoms with Crippen molar-refractivity contribution in [3.8, 4) is 0 Å². The van der Waals surface area contributed by atoms with Crippen LogP contribution < -0.4 is 0 Å². The molecule has 0 aliphatic heterocycles. The monoisotopic (exact) mass is 262 g/mol. The summed E-state index contributed by atoms with van der Waals surface area (Å²) in [6.45, 7) is 0. The molecule has 0 amide bonds. The molecule has 0 saturated carbocycles. The second-order valence-electron chi connectivity index (χ2n) is 3.21. The van der Waals surface area contributed by atoms with Gasteiger partial charge in [0.15, 0.2) is 0 Å². The van der Waals surface area contributed by atoms with Crippen LogP contribution in [0.3, 0.4) is 0 Å². The van der Waals surface area contributed by atoms with Crippen molar-refractivity contribution in [2.75, 3.05) is 5.75 Å². The predicted octanol–water partition coefficient (Wildman–Crippen LogP) is 1.36. The molecule has 2 unspecified atom stereocenters. The largest absolute Gasteiger partial charge is 0.478 e. The molecule has 2 atom stereocenters. The normalized spacial score (nSPS) is 14.5. The van der Waals surface area contributed by atoms with Gasteiger partial charge in [-0.05, 0) is 6.07 Å². The number of hydrogen-bond acceptors (Lipinski definition) is 4. The first-order valence-corrected chi connectivity index (χ1v) is 5.48. The highest BCUT2D eigenvalue weighted by atomic mass is 35.5. The summed E-state index contributed by atoms with van der Waals surface area (Å²) in [7, 11) is 0. The fraction of sp³-hybridized carbons (Fsp3) is 0.300. The van der Waals surface area contributed by atoms with Gasteiger partial charge in [-0.3, -0.25) is 0 Å². The molecule has 0 saturated heterocycles. The number of benzene rings is 1. The van der Waals surface area contributed by atoms with E-state index in [1.54, 1.807) is 0 Å². The minimum absolute atomic E-state index is 0.0504. The average molecular weight is 263 g/mol. The van der Waals surface area contributed by atoms with E-state index in [-0.39, 0.29) is 21.9 Å². The lowest BCUT2D eigenvalue weighted by atomic mass is 10.0. The minimum atomic E-state index is -1.25. The van der Waals surface area contributed by atoms with Crippen molar-refractivity contribution in [1.82, 2.24) is 0 Å². The Morgan fingerprint density at radius 2 is 2.06 bits per heavy atom. The van der Waals surface area contributed by atoms with Crippen LogP contribution in [0.2, 0.25) is 5.02 Å². The highest BCUT2D eigenvalue weighted by molar-refractivity contribution is 7.80. The van der Waals surface area contributed by atoms with Gasteiger partial charge in [-0.25, -0.2) is 4.79 Å². The van der Waals surface area contributed by atoms with Crippen LogP contribution in [0.15, 0.2) is 18.2 Å². The van der Waals surface area contributed by atoms with E-state index in [2.05, 4.69) is 12.6 Å².